The molecule has 1 saturated heterocycles. The zero-order chi connectivity index (χ0) is 19.5. The minimum atomic E-state index is -4.41. The van der Waals surface area contributed by atoms with Crippen LogP contribution in [-0.2, 0) is 15.8 Å². The largest absolute Gasteiger partial charge is 0.416 e. The lowest BCUT2D eigenvalue weighted by atomic mass is 10.1. The van der Waals surface area contributed by atoms with Crippen molar-refractivity contribution < 1.29 is 22.8 Å². The van der Waals surface area contributed by atoms with E-state index in [9.17, 15) is 22.8 Å². The van der Waals surface area contributed by atoms with Crippen LogP contribution in [0, 0.1) is 0 Å². The summed E-state index contributed by atoms with van der Waals surface area (Å²) in [6.07, 6.45) is -4.41. The Bertz CT molecular complexity index is 650. The monoisotopic (exact) mass is 389 g/mol. The number of thioether (sulfide) groups is 1. The van der Waals surface area contributed by atoms with Crippen LogP contribution < -0.4 is 5.32 Å². The number of rotatable bonds is 6. The number of alkyl halides is 3. The van der Waals surface area contributed by atoms with Gasteiger partial charge >= 0.3 is 6.18 Å². The molecule has 0 radical (unpaired) electrons. The van der Waals surface area contributed by atoms with Gasteiger partial charge in [-0.3, -0.25) is 9.59 Å². The molecule has 1 aliphatic heterocycles. The number of amides is 2. The van der Waals surface area contributed by atoms with Crippen LogP contribution in [0.15, 0.2) is 24.3 Å². The summed E-state index contributed by atoms with van der Waals surface area (Å²) in [5.74, 6) is -0.477. The van der Waals surface area contributed by atoms with E-state index in [1.165, 1.54) is 28.8 Å². The van der Waals surface area contributed by atoms with Crippen molar-refractivity contribution in [3.05, 3.63) is 35.4 Å². The second kappa shape index (κ2) is 8.30. The van der Waals surface area contributed by atoms with Crippen LogP contribution >= 0.6 is 11.8 Å². The number of benzene rings is 1. The summed E-state index contributed by atoms with van der Waals surface area (Å²) in [6.45, 7) is 2.75. The van der Waals surface area contributed by atoms with Crippen molar-refractivity contribution in [3.8, 4) is 0 Å². The highest BCUT2D eigenvalue weighted by atomic mass is 32.2. The fourth-order valence-corrected chi connectivity index (χ4v) is 3.84. The first kappa shape index (κ1) is 20.6. The lowest BCUT2D eigenvalue weighted by Gasteiger charge is -2.24. The Labute approximate surface area is 154 Å². The first-order valence-electron chi connectivity index (χ1n) is 8.14. The molecule has 2 atom stereocenters. The quantitative estimate of drug-likeness (QED) is 0.812. The second-order valence-corrected chi connectivity index (χ2v) is 7.80. The average molecular weight is 389 g/mol. The van der Waals surface area contributed by atoms with E-state index in [0.29, 0.717) is 18.7 Å². The third-order valence-corrected chi connectivity index (χ3v) is 5.36. The van der Waals surface area contributed by atoms with Crippen molar-refractivity contribution in [1.29, 1.82) is 0 Å². The molecular weight excluding hydrogens is 367 g/mol. The number of halogens is 3. The Morgan fingerprint density at radius 3 is 2.42 bits per heavy atom. The van der Waals surface area contributed by atoms with Crippen molar-refractivity contribution in [2.75, 3.05) is 33.7 Å². The van der Waals surface area contributed by atoms with Gasteiger partial charge in [0.2, 0.25) is 11.8 Å². The average Bonchev–Trinajstić information content (AvgIpc) is 2.82. The van der Waals surface area contributed by atoms with Crippen molar-refractivity contribution in [2.24, 2.45) is 0 Å². The van der Waals surface area contributed by atoms with Crippen molar-refractivity contribution in [2.45, 2.75) is 23.7 Å². The maximum atomic E-state index is 12.7. The van der Waals surface area contributed by atoms with E-state index < -0.39 is 17.1 Å². The zero-order valence-corrected chi connectivity index (χ0v) is 15.7. The number of carbonyl (C=O) groups excluding carboxylic acids is 2. The molecule has 0 aromatic heterocycles. The Hall–Kier alpha value is -1.74. The van der Waals surface area contributed by atoms with Crippen molar-refractivity contribution in [3.63, 3.8) is 0 Å². The molecular formula is C17H22F3N3O2S. The van der Waals surface area contributed by atoms with Gasteiger partial charge in [0.15, 0.2) is 0 Å². The minimum Gasteiger partial charge on any atom is -0.353 e. The lowest BCUT2D eigenvalue weighted by Crippen LogP contribution is -2.41. The van der Waals surface area contributed by atoms with Gasteiger partial charge in [0, 0.05) is 13.1 Å². The van der Waals surface area contributed by atoms with Crippen LogP contribution in [-0.4, -0.2) is 60.6 Å². The number of nitrogens with zero attached hydrogens (tertiary/aromatic N) is 2. The number of likely N-dealkylation sites (N-methyl/N-ethyl adjacent to an activating group) is 1. The van der Waals surface area contributed by atoms with Gasteiger partial charge in [0.05, 0.1) is 10.8 Å². The zero-order valence-electron chi connectivity index (χ0n) is 14.8. The smallest absolute Gasteiger partial charge is 0.353 e. The standard InChI is InChI=1S/C17H22F3N3O2S/c1-11-15(25)23(10-14(24)21-8-9-22(2)3)16(26-11)12-4-6-13(7-5-12)17(18,19)20/h4-7,11,16H,8-10H2,1-3H3,(H,21,24). The predicted octanol–water partition coefficient (Wildman–Crippen LogP) is 2.35. The fourth-order valence-electron chi connectivity index (χ4n) is 2.56. The summed E-state index contributed by atoms with van der Waals surface area (Å²) in [4.78, 5) is 27.8. The van der Waals surface area contributed by atoms with Crippen molar-refractivity contribution >= 4 is 23.6 Å². The third-order valence-electron chi connectivity index (χ3n) is 3.97. The number of carbonyl (C=O) groups is 2. The van der Waals surface area contributed by atoms with Crippen LogP contribution in [0.25, 0.3) is 0 Å². The Kier molecular flexibility index (Phi) is 6.57. The molecule has 2 rings (SSSR count). The van der Waals surface area contributed by atoms with Gasteiger partial charge < -0.3 is 15.1 Å². The van der Waals surface area contributed by atoms with E-state index in [1.54, 1.807) is 6.92 Å². The molecule has 0 aliphatic carbocycles. The minimum absolute atomic E-state index is 0.116. The maximum Gasteiger partial charge on any atom is 0.416 e. The van der Waals surface area contributed by atoms with E-state index >= 15 is 0 Å². The molecule has 9 heteroatoms. The van der Waals surface area contributed by atoms with Gasteiger partial charge in [0.1, 0.15) is 11.9 Å². The number of hydrogen-bond acceptors (Lipinski definition) is 4. The molecule has 2 amide bonds. The molecule has 0 saturated carbocycles. The van der Waals surface area contributed by atoms with Gasteiger partial charge in [0.25, 0.3) is 0 Å². The fraction of sp³-hybridized carbons (Fsp3) is 0.529. The molecule has 1 aromatic carbocycles. The summed E-state index contributed by atoms with van der Waals surface area (Å²) in [6, 6.07) is 4.73. The van der Waals surface area contributed by atoms with E-state index in [-0.39, 0.29) is 23.6 Å². The Morgan fingerprint density at radius 1 is 1.27 bits per heavy atom. The predicted molar refractivity (Wildman–Crippen MR) is 94.5 cm³/mol. The van der Waals surface area contributed by atoms with Gasteiger partial charge in [-0.15, -0.1) is 11.8 Å². The Balaban J connectivity index is 2.08. The van der Waals surface area contributed by atoms with E-state index in [2.05, 4.69) is 5.32 Å². The molecule has 2 unspecified atom stereocenters. The molecule has 1 aliphatic rings. The summed E-state index contributed by atoms with van der Waals surface area (Å²) < 4.78 is 38.2. The highest BCUT2D eigenvalue weighted by Gasteiger charge is 2.39. The highest BCUT2D eigenvalue weighted by Crippen LogP contribution is 2.43. The van der Waals surface area contributed by atoms with Gasteiger partial charge in [-0.2, -0.15) is 13.2 Å². The van der Waals surface area contributed by atoms with E-state index in [0.717, 1.165) is 12.1 Å². The highest BCUT2D eigenvalue weighted by molar-refractivity contribution is 8.01. The van der Waals surface area contributed by atoms with Crippen LogP contribution in [0.3, 0.4) is 0 Å². The number of nitrogens with one attached hydrogen (secondary N) is 1. The van der Waals surface area contributed by atoms with Gasteiger partial charge in [-0.1, -0.05) is 12.1 Å². The van der Waals surface area contributed by atoms with Gasteiger partial charge in [-0.25, -0.2) is 0 Å². The maximum absolute atomic E-state index is 12.7. The Morgan fingerprint density at radius 2 is 1.88 bits per heavy atom. The molecule has 5 nitrogen and oxygen atoms in total. The van der Waals surface area contributed by atoms with Crippen molar-refractivity contribution in [1.82, 2.24) is 15.1 Å². The van der Waals surface area contributed by atoms with E-state index in [4.69, 9.17) is 0 Å². The molecule has 0 bridgehead atoms. The van der Waals surface area contributed by atoms with Crippen LogP contribution in [0.2, 0.25) is 0 Å². The summed E-state index contributed by atoms with van der Waals surface area (Å²) in [5, 5.41) is 1.92. The van der Waals surface area contributed by atoms with Gasteiger partial charge in [-0.05, 0) is 38.7 Å². The summed E-state index contributed by atoms with van der Waals surface area (Å²) >= 11 is 1.33. The third kappa shape index (κ3) is 5.14. The molecule has 1 fully saturated rings. The van der Waals surface area contributed by atoms with Crippen LogP contribution in [0.5, 0.6) is 0 Å². The summed E-state index contributed by atoms with van der Waals surface area (Å²) in [5.41, 5.74) is -0.168. The molecule has 1 heterocycles. The molecule has 0 spiro atoms. The molecule has 144 valence electrons. The topological polar surface area (TPSA) is 52.7 Å². The molecule has 26 heavy (non-hydrogen) atoms. The first-order valence-corrected chi connectivity index (χ1v) is 9.08. The SMILES string of the molecule is CC1SC(c2ccc(C(F)(F)F)cc2)N(CC(=O)NCCN(C)C)C1=O. The summed E-state index contributed by atoms with van der Waals surface area (Å²) in [7, 11) is 3.77. The molecule has 1 aromatic rings. The number of hydrogen-bond donors (Lipinski definition) is 1. The van der Waals surface area contributed by atoms with E-state index in [1.807, 2.05) is 19.0 Å². The van der Waals surface area contributed by atoms with Crippen LogP contribution in [0.1, 0.15) is 23.4 Å². The second-order valence-electron chi connectivity index (χ2n) is 6.37. The lowest BCUT2D eigenvalue weighted by molar-refractivity contribution is -0.137. The normalized spacial score (nSPS) is 20.7. The first-order chi connectivity index (χ1) is 12.1. The van der Waals surface area contributed by atoms with Crippen LogP contribution in [0.4, 0.5) is 13.2 Å². The molecule has 1 N–H and O–H groups in total.